The maximum Gasteiger partial charge on any atom is 0.00558 e. The third-order valence-corrected chi connectivity index (χ3v) is 3.56. The van der Waals surface area contributed by atoms with Crippen LogP contribution in [-0.4, -0.2) is 36.1 Å². The lowest BCUT2D eigenvalue weighted by Gasteiger charge is -2.00. The van der Waals surface area contributed by atoms with Crippen molar-refractivity contribution in [2.24, 2.45) is 11.5 Å². The predicted molar refractivity (Wildman–Crippen MR) is 62.0 cm³/mol. The summed E-state index contributed by atoms with van der Waals surface area (Å²) in [4.78, 5) is 0. The first-order valence-electron chi connectivity index (χ1n) is 4.47. The molecule has 74 valence electrons. The Kier molecular flexibility index (Phi) is 12.2. The van der Waals surface area contributed by atoms with E-state index >= 15 is 0 Å². The lowest BCUT2D eigenvalue weighted by atomic mass is 10.4. The van der Waals surface area contributed by atoms with Crippen molar-refractivity contribution in [2.45, 2.75) is 12.8 Å². The van der Waals surface area contributed by atoms with E-state index in [0.717, 1.165) is 24.6 Å². The molecule has 0 fully saturated rings. The highest BCUT2D eigenvalue weighted by atomic mass is 32.2. The lowest BCUT2D eigenvalue weighted by molar-refractivity contribution is 0.905. The van der Waals surface area contributed by atoms with Gasteiger partial charge in [-0.2, -0.15) is 23.5 Å². The summed E-state index contributed by atoms with van der Waals surface area (Å²) < 4.78 is 0. The molecule has 0 radical (unpaired) electrons. The van der Waals surface area contributed by atoms with Gasteiger partial charge in [-0.3, -0.25) is 0 Å². The number of nitrogens with two attached hydrogens (primary N) is 2. The van der Waals surface area contributed by atoms with Crippen molar-refractivity contribution in [2.75, 3.05) is 36.1 Å². The van der Waals surface area contributed by atoms with Crippen molar-refractivity contribution in [3.63, 3.8) is 0 Å². The minimum atomic E-state index is 0.812. The fourth-order valence-electron chi connectivity index (χ4n) is 0.779. The zero-order valence-electron chi connectivity index (χ0n) is 7.63. The van der Waals surface area contributed by atoms with Crippen LogP contribution in [0.5, 0.6) is 0 Å². The highest BCUT2D eigenvalue weighted by molar-refractivity contribution is 7.99. The van der Waals surface area contributed by atoms with Gasteiger partial charge >= 0.3 is 0 Å². The van der Waals surface area contributed by atoms with Crippen molar-refractivity contribution < 1.29 is 0 Å². The van der Waals surface area contributed by atoms with Crippen LogP contribution in [0.2, 0.25) is 0 Å². The number of thioether (sulfide) groups is 2. The molecule has 0 amide bonds. The molecule has 0 spiro atoms. The first kappa shape index (κ1) is 12.6. The largest absolute Gasteiger partial charge is 0.330 e. The van der Waals surface area contributed by atoms with E-state index < -0.39 is 0 Å². The molecule has 0 heterocycles. The zero-order valence-corrected chi connectivity index (χ0v) is 9.26. The van der Waals surface area contributed by atoms with Gasteiger partial charge in [0.1, 0.15) is 0 Å². The molecule has 0 saturated carbocycles. The van der Waals surface area contributed by atoms with Gasteiger partial charge in [0.15, 0.2) is 0 Å². The maximum absolute atomic E-state index is 5.37. The standard InChI is InChI=1S/C8H20N2S2/c9-3-7-11-5-1-2-6-12-8-4-10/h1-10H2. The summed E-state index contributed by atoms with van der Waals surface area (Å²) in [6, 6.07) is 0. The van der Waals surface area contributed by atoms with Gasteiger partial charge in [-0.05, 0) is 24.3 Å². The molecule has 0 aromatic rings. The third-order valence-electron chi connectivity index (χ3n) is 1.35. The molecule has 0 aliphatic carbocycles. The van der Waals surface area contributed by atoms with Gasteiger partial charge in [0.05, 0.1) is 0 Å². The van der Waals surface area contributed by atoms with Crippen molar-refractivity contribution in [1.29, 1.82) is 0 Å². The molecule has 12 heavy (non-hydrogen) atoms. The Morgan fingerprint density at radius 1 is 0.667 bits per heavy atom. The topological polar surface area (TPSA) is 52.0 Å². The smallest absolute Gasteiger partial charge is 0.00558 e. The second kappa shape index (κ2) is 11.6. The summed E-state index contributed by atoms with van der Waals surface area (Å²) in [6.45, 7) is 1.62. The first-order chi connectivity index (χ1) is 5.91. The van der Waals surface area contributed by atoms with Gasteiger partial charge < -0.3 is 11.5 Å². The number of unbranched alkanes of at least 4 members (excludes halogenated alkanes) is 1. The van der Waals surface area contributed by atoms with Gasteiger partial charge in [0.25, 0.3) is 0 Å². The lowest BCUT2D eigenvalue weighted by Crippen LogP contribution is -2.02. The Hall–Kier alpha value is 0.620. The molecule has 0 aromatic heterocycles. The summed E-state index contributed by atoms with van der Waals surface area (Å²) in [5, 5.41) is 0. The molecule has 4 heteroatoms. The summed E-state index contributed by atoms with van der Waals surface area (Å²) in [5.74, 6) is 4.74. The van der Waals surface area contributed by atoms with Gasteiger partial charge in [0.2, 0.25) is 0 Å². The highest BCUT2D eigenvalue weighted by Gasteiger charge is 1.90. The second-order valence-corrected chi connectivity index (χ2v) is 4.96. The molecule has 2 nitrogen and oxygen atoms in total. The van der Waals surface area contributed by atoms with Crippen LogP contribution in [0.1, 0.15) is 12.8 Å². The summed E-state index contributed by atoms with van der Waals surface area (Å²) in [7, 11) is 0. The van der Waals surface area contributed by atoms with E-state index in [-0.39, 0.29) is 0 Å². The van der Waals surface area contributed by atoms with Crippen LogP contribution in [0.3, 0.4) is 0 Å². The Morgan fingerprint density at radius 3 is 1.42 bits per heavy atom. The summed E-state index contributed by atoms with van der Waals surface area (Å²) in [6.07, 6.45) is 2.64. The molecular formula is C8H20N2S2. The Labute approximate surface area is 84.2 Å². The van der Waals surface area contributed by atoms with Crippen LogP contribution < -0.4 is 11.5 Å². The fourth-order valence-corrected chi connectivity index (χ4v) is 2.34. The molecule has 0 saturated heterocycles. The van der Waals surface area contributed by atoms with Crippen molar-refractivity contribution in [3.05, 3.63) is 0 Å². The number of hydrogen-bond donors (Lipinski definition) is 2. The van der Waals surface area contributed by atoms with E-state index in [9.17, 15) is 0 Å². The zero-order chi connectivity index (χ0) is 9.07. The van der Waals surface area contributed by atoms with Gasteiger partial charge in [0, 0.05) is 24.6 Å². The maximum atomic E-state index is 5.37. The van der Waals surface area contributed by atoms with Crippen LogP contribution >= 0.6 is 23.5 Å². The molecule has 4 N–H and O–H groups in total. The van der Waals surface area contributed by atoms with E-state index in [4.69, 9.17) is 11.5 Å². The van der Waals surface area contributed by atoms with Crippen molar-refractivity contribution in [3.8, 4) is 0 Å². The van der Waals surface area contributed by atoms with Crippen LogP contribution in [-0.2, 0) is 0 Å². The summed E-state index contributed by atoms with van der Waals surface area (Å²) >= 11 is 3.92. The Bertz CT molecular complexity index is 71.5. The monoisotopic (exact) mass is 208 g/mol. The normalized spacial score (nSPS) is 10.5. The van der Waals surface area contributed by atoms with Crippen LogP contribution in [0.4, 0.5) is 0 Å². The number of hydrogen-bond acceptors (Lipinski definition) is 4. The summed E-state index contributed by atoms with van der Waals surface area (Å²) in [5.41, 5.74) is 10.7. The highest BCUT2D eigenvalue weighted by Crippen LogP contribution is 2.07. The SMILES string of the molecule is NCCSCCCCSCCN. The van der Waals surface area contributed by atoms with E-state index in [0.29, 0.717) is 0 Å². The van der Waals surface area contributed by atoms with E-state index in [2.05, 4.69) is 0 Å². The molecular weight excluding hydrogens is 188 g/mol. The van der Waals surface area contributed by atoms with Crippen LogP contribution in [0.15, 0.2) is 0 Å². The second-order valence-electron chi connectivity index (χ2n) is 2.51. The molecule has 0 bridgehead atoms. The third kappa shape index (κ3) is 10.6. The number of rotatable bonds is 9. The molecule has 0 atom stereocenters. The Morgan fingerprint density at radius 2 is 1.08 bits per heavy atom. The predicted octanol–water partition coefficient (Wildman–Crippen LogP) is 1.15. The van der Waals surface area contributed by atoms with Crippen molar-refractivity contribution >= 4 is 23.5 Å². The fraction of sp³-hybridized carbons (Fsp3) is 1.00. The minimum absolute atomic E-state index is 0.812. The van der Waals surface area contributed by atoms with Gasteiger partial charge in [-0.25, -0.2) is 0 Å². The molecule has 0 aliphatic rings. The van der Waals surface area contributed by atoms with Gasteiger partial charge in [-0.1, -0.05) is 0 Å². The van der Waals surface area contributed by atoms with Crippen molar-refractivity contribution in [1.82, 2.24) is 0 Å². The molecule has 0 rings (SSSR count). The quantitative estimate of drug-likeness (QED) is 0.558. The average molecular weight is 208 g/mol. The van der Waals surface area contributed by atoms with E-state index in [1.54, 1.807) is 0 Å². The average Bonchev–Trinajstić information content (AvgIpc) is 2.10. The van der Waals surface area contributed by atoms with E-state index in [1.807, 2.05) is 23.5 Å². The van der Waals surface area contributed by atoms with Gasteiger partial charge in [-0.15, -0.1) is 0 Å². The molecule has 0 aliphatic heterocycles. The molecule has 0 aromatic carbocycles. The molecule has 0 unspecified atom stereocenters. The van der Waals surface area contributed by atoms with Crippen LogP contribution in [0, 0.1) is 0 Å². The Balaban J connectivity index is 2.73. The minimum Gasteiger partial charge on any atom is -0.330 e. The van der Waals surface area contributed by atoms with Crippen LogP contribution in [0.25, 0.3) is 0 Å². The first-order valence-corrected chi connectivity index (χ1v) is 6.78. The van der Waals surface area contributed by atoms with E-state index in [1.165, 1.54) is 24.3 Å².